The molecule has 1 aromatic carbocycles. The molecule has 1 aromatic rings. The molecule has 0 aliphatic heterocycles. The van der Waals surface area contributed by atoms with Gasteiger partial charge in [0.15, 0.2) is 5.82 Å². The number of halogens is 2. The summed E-state index contributed by atoms with van der Waals surface area (Å²) in [6.07, 6.45) is 1.43. The highest BCUT2D eigenvalue weighted by atomic mass is 19.1. The first kappa shape index (κ1) is 14.2. The molecule has 1 fully saturated rings. The van der Waals surface area contributed by atoms with Crippen molar-refractivity contribution in [2.45, 2.75) is 25.8 Å². The average molecular weight is 284 g/mol. The molecule has 1 aliphatic rings. The number of carboxylic acids is 1. The second kappa shape index (κ2) is 5.44. The Morgan fingerprint density at radius 1 is 1.35 bits per heavy atom. The maximum atomic E-state index is 13.7. The van der Waals surface area contributed by atoms with E-state index in [-0.39, 0.29) is 11.5 Å². The van der Waals surface area contributed by atoms with Crippen LogP contribution in [0.3, 0.4) is 0 Å². The Labute approximate surface area is 114 Å². The zero-order valence-corrected chi connectivity index (χ0v) is 10.7. The van der Waals surface area contributed by atoms with Crippen molar-refractivity contribution in [3.8, 4) is 0 Å². The van der Waals surface area contributed by atoms with Gasteiger partial charge in [0.05, 0.1) is 0 Å². The monoisotopic (exact) mass is 284 g/mol. The van der Waals surface area contributed by atoms with Gasteiger partial charge in [0.25, 0.3) is 0 Å². The predicted molar refractivity (Wildman–Crippen MR) is 67.4 cm³/mol. The van der Waals surface area contributed by atoms with Crippen LogP contribution >= 0.6 is 0 Å². The van der Waals surface area contributed by atoms with Crippen LogP contribution in [0.4, 0.5) is 19.3 Å². The molecular formula is C13H14F2N2O3. The summed E-state index contributed by atoms with van der Waals surface area (Å²) in [6.45, 7) is 1.43. The molecule has 1 aliphatic carbocycles. The van der Waals surface area contributed by atoms with Crippen LogP contribution in [0.2, 0.25) is 0 Å². The third kappa shape index (κ3) is 3.04. The minimum absolute atomic E-state index is 0.120. The fraction of sp³-hybridized carbons (Fsp3) is 0.385. The fourth-order valence-corrected chi connectivity index (χ4v) is 1.87. The van der Waals surface area contributed by atoms with Crippen LogP contribution in [0, 0.1) is 24.5 Å². The number of carboxylic acid groups (broad SMARTS) is 1. The SMILES string of the molecule is Cc1ccc(F)c(NC(=O)NC(C(=O)O)C2CC2)c1F. The fourth-order valence-electron chi connectivity index (χ4n) is 1.87. The number of benzene rings is 1. The Balaban J connectivity index is 2.08. The number of carbonyl (C=O) groups is 2. The Bertz CT molecular complexity index is 559. The summed E-state index contributed by atoms with van der Waals surface area (Å²) >= 11 is 0. The molecule has 0 aromatic heterocycles. The van der Waals surface area contributed by atoms with Crippen molar-refractivity contribution < 1.29 is 23.5 Å². The lowest BCUT2D eigenvalue weighted by Crippen LogP contribution is -2.44. The lowest BCUT2D eigenvalue weighted by molar-refractivity contribution is -0.139. The molecule has 108 valence electrons. The molecule has 2 amide bonds. The van der Waals surface area contributed by atoms with Gasteiger partial charge in [-0.1, -0.05) is 6.07 Å². The van der Waals surface area contributed by atoms with Gasteiger partial charge in [-0.3, -0.25) is 0 Å². The number of aryl methyl sites for hydroxylation is 1. The van der Waals surface area contributed by atoms with E-state index in [0.29, 0.717) is 12.8 Å². The summed E-state index contributed by atoms with van der Waals surface area (Å²) in [5, 5.41) is 13.2. The molecule has 0 bridgehead atoms. The van der Waals surface area contributed by atoms with Gasteiger partial charge in [-0.2, -0.15) is 0 Å². The van der Waals surface area contributed by atoms with Gasteiger partial charge in [0.1, 0.15) is 17.5 Å². The normalized spacial score (nSPS) is 15.6. The highest BCUT2D eigenvalue weighted by molar-refractivity contribution is 5.92. The average Bonchev–Trinajstić information content (AvgIpc) is 3.20. The number of rotatable bonds is 4. The van der Waals surface area contributed by atoms with Gasteiger partial charge < -0.3 is 15.7 Å². The van der Waals surface area contributed by atoms with Crippen LogP contribution in [0.5, 0.6) is 0 Å². The molecular weight excluding hydrogens is 270 g/mol. The van der Waals surface area contributed by atoms with Gasteiger partial charge in [-0.25, -0.2) is 18.4 Å². The van der Waals surface area contributed by atoms with Crippen LogP contribution in [0.1, 0.15) is 18.4 Å². The molecule has 20 heavy (non-hydrogen) atoms. The first-order valence-corrected chi connectivity index (χ1v) is 6.15. The second-order valence-corrected chi connectivity index (χ2v) is 4.81. The highest BCUT2D eigenvalue weighted by Gasteiger charge is 2.37. The Morgan fingerprint density at radius 2 is 2.00 bits per heavy atom. The molecule has 7 heteroatoms. The highest BCUT2D eigenvalue weighted by Crippen LogP contribution is 2.32. The Kier molecular flexibility index (Phi) is 3.87. The summed E-state index contributed by atoms with van der Waals surface area (Å²) in [7, 11) is 0. The summed E-state index contributed by atoms with van der Waals surface area (Å²) in [5.74, 6) is -3.07. The topological polar surface area (TPSA) is 78.4 Å². The lowest BCUT2D eigenvalue weighted by Gasteiger charge is -2.15. The van der Waals surface area contributed by atoms with E-state index in [4.69, 9.17) is 5.11 Å². The van der Waals surface area contributed by atoms with Gasteiger partial charge in [-0.15, -0.1) is 0 Å². The maximum absolute atomic E-state index is 13.7. The number of urea groups is 1. The molecule has 3 N–H and O–H groups in total. The number of amides is 2. The van der Waals surface area contributed by atoms with Crippen molar-refractivity contribution in [1.82, 2.24) is 5.32 Å². The minimum Gasteiger partial charge on any atom is -0.480 e. The van der Waals surface area contributed by atoms with Crippen molar-refractivity contribution in [3.63, 3.8) is 0 Å². The standard InChI is InChI=1S/C13H14F2N2O3/c1-6-2-5-8(14)11(9(6)15)17-13(20)16-10(12(18)19)7-3-4-7/h2,5,7,10H,3-4H2,1H3,(H,18,19)(H2,16,17,20). The largest absolute Gasteiger partial charge is 0.480 e. The number of hydrogen-bond donors (Lipinski definition) is 3. The number of nitrogens with one attached hydrogen (secondary N) is 2. The predicted octanol–water partition coefficient (Wildman–Crippen LogP) is 2.26. The Morgan fingerprint density at radius 3 is 2.55 bits per heavy atom. The zero-order chi connectivity index (χ0) is 14.9. The van der Waals surface area contributed by atoms with E-state index in [1.165, 1.54) is 13.0 Å². The molecule has 0 radical (unpaired) electrons. The number of hydrogen-bond acceptors (Lipinski definition) is 2. The van der Waals surface area contributed by atoms with Gasteiger partial charge >= 0.3 is 12.0 Å². The third-order valence-electron chi connectivity index (χ3n) is 3.17. The zero-order valence-electron chi connectivity index (χ0n) is 10.7. The van der Waals surface area contributed by atoms with E-state index in [2.05, 4.69) is 5.32 Å². The van der Waals surface area contributed by atoms with Crippen LogP contribution in [-0.4, -0.2) is 23.1 Å². The minimum atomic E-state index is -1.16. The number of carbonyl (C=O) groups excluding carboxylic acids is 1. The van der Waals surface area contributed by atoms with E-state index in [0.717, 1.165) is 6.07 Å². The van der Waals surface area contributed by atoms with E-state index < -0.39 is 35.4 Å². The molecule has 1 unspecified atom stereocenters. The maximum Gasteiger partial charge on any atom is 0.326 e. The molecule has 0 saturated heterocycles. The third-order valence-corrected chi connectivity index (χ3v) is 3.17. The molecule has 1 atom stereocenters. The van der Waals surface area contributed by atoms with E-state index in [9.17, 15) is 18.4 Å². The van der Waals surface area contributed by atoms with E-state index in [1.807, 2.05) is 5.32 Å². The van der Waals surface area contributed by atoms with E-state index >= 15 is 0 Å². The molecule has 0 heterocycles. The number of anilines is 1. The summed E-state index contributed by atoms with van der Waals surface area (Å²) < 4.78 is 27.1. The summed E-state index contributed by atoms with van der Waals surface area (Å²) in [4.78, 5) is 22.6. The molecule has 1 saturated carbocycles. The second-order valence-electron chi connectivity index (χ2n) is 4.81. The summed E-state index contributed by atoms with van der Waals surface area (Å²) in [5.41, 5.74) is -0.402. The summed E-state index contributed by atoms with van der Waals surface area (Å²) in [6, 6.07) is 0.306. The van der Waals surface area contributed by atoms with Crippen molar-refractivity contribution >= 4 is 17.7 Å². The van der Waals surface area contributed by atoms with Crippen LogP contribution in [0.15, 0.2) is 12.1 Å². The van der Waals surface area contributed by atoms with Crippen molar-refractivity contribution in [2.75, 3.05) is 5.32 Å². The van der Waals surface area contributed by atoms with Gasteiger partial charge in [-0.05, 0) is 37.3 Å². The molecule has 2 rings (SSSR count). The quantitative estimate of drug-likeness (QED) is 0.793. The molecule has 0 spiro atoms. The number of aliphatic carboxylic acids is 1. The van der Waals surface area contributed by atoms with Crippen molar-refractivity contribution in [1.29, 1.82) is 0 Å². The van der Waals surface area contributed by atoms with Crippen molar-refractivity contribution in [2.24, 2.45) is 5.92 Å². The van der Waals surface area contributed by atoms with Crippen LogP contribution in [0.25, 0.3) is 0 Å². The van der Waals surface area contributed by atoms with Gasteiger partial charge in [0, 0.05) is 0 Å². The Hall–Kier alpha value is -2.18. The van der Waals surface area contributed by atoms with Crippen LogP contribution in [-0.2, 0) is 4.79 Å². The first-order valence-electron chi connectivity index (χ1n) is 6.15. The lowest BCUT2D eigenvalue weighted by atomic mass is 10.2. The first-order chi connectivity index (χ1) is 9.40. The smallest absolute Gasteiger partial charge is 0.326 e. The van der Waals surface area contributed by atoms with Crippen LogP contribution < -0.4 is 10.6 Å². The van der Waals surface area contributed by atoms with Gasteiger partial charge in [0.2, 0.25) is 0 Å². The van der Waals surface area contributed by atoms with Crippen molar-refractivity contribution in [3.05, 3.63) is 29.3 Å². The van der Waals surface area contributed by atoms with E-state index in [1.54, 1.807) is 0 Å². The molecule has 5 nitrogen and oxygen atoms in total.